The van der Waals surface area contributed by atoms with Crippen molar-refractivity contribution in [1.82, 2.24) is 9.80 Å². The summed E-state index contributed by atoms with van der Waals surface area (Å²) >= 11 is 1.66. The third-order valence-electron chi connectivity index (χ3n) is 5.73. The molecule has 6 heteroatoms. The Balaban J connectivity index is 1.83. The van der Waals surface area contributed by atoms with E-state index in [1.165, 1.54) is 4.90 Å². The summed E-state index contributed by atoms with van der Waals surface area (Å²) in [6, 6.07) is 14.4. The van der Waals surface area contributed by atoms with Crippen molar-refractivity contribution >= 4 is 33.4 Å². The van der Waals surface area contributed by atoms with Crippen LogP contribution in [0.25, 0.3) is 10.1 Å². The van der Waals surface area contributed by atoms with Gasteiger partial charge < -0.3 is 5.11 Å². The van der Waals surface area contributed by atoms with E-state index >= 15 is 0 Å². The molecule has 1 fully saturated rings. The number of likely N-dealkylation sites (N-methyl/N-ethyl adjacent to an activating group) is 1. The van der Waals surface area contributed by atoms with Gasteiger partial charge in [0.05, 0.1) is 6.04 Å². The molecule has 0 radical (unpaired) electrons. The molecule has 1 N–H and O–H groups in total. The lowest BCUT2D eigenvalue weighted by Crippen LogP contribution is -2.53. The summed E-state index contributed by atoms with van der Waals surface area (Å²) in [7, 11) is 1.54. The highest BCUT2D eigenvalue weighted by atomic mass is 32.1. The quantitative estimate of drug-likeness (QED) is 0.653. The molecule has 0 aliphatic carbocycles. The number of imide groups is 1. The molecule has 3 aromatic rings. The second-order valence-electron chi connectivity index (χ2n) is 7.41. The Morgan fingerprint density at radius 1 is 1.15 bits per heavy atom. The topological polar surface area (TPSA) is 60.9 Å². The second kappa shape index (κ2) is 5.33. The van der Waals surface area contributed by atoms with Gasteiger partial charge in [0.2, 0.25) is 0 Å². The maximum absolute atomic E-state index is 13.0. The summed E-state index contributed by atoms with van der Waals surface area (Å²) in [6.45, 7) is 1.85. The Morgan fingerprint density at radius 3 is 2.70 bits per heavy atom. The third-order valence-corrected chi connectivity index (χ3v) is 7.00. The van der Waals surface area contributed by atoms with Crippen LogP contribution in [0.1, 0.15) is 29.0 Å². The van der Waals surface area contributed by atoms with Gasteiger partial charge in [0.15, 0.2) is 0 Å². The molecule has 0 bridgehead atoms. The number of rotatable bonds is 1. The van der Waals surface area contributed by atoms with Gasteiger partial charge >= 0.3 is 6.03 Å². The average Bonchev–Trinajstić information content (AvgIpc) is 3.09. The molecule has 5 nitrogen and oxygen atoms in total. The van der Waals surface area contributed by atoms with Gasteiger partial charge in [-0.2, -0.15) is 0 Å². The number of phenols is 1. The number of amides is 3. The summed E-state index contributed by atoms with van der Waals surface area (Å²) in [5.41, 5.74) is 1.00. The van der Waals surface area contributed by atoms with Crippen LogP contribution in [-0.2, 0) is 11.2 Å². The fourth-order valence-electron chi connectivity index (χ4n) is 4.46. The van der Waals surface area contributed by atoms with E-state index in [0.717, 1.165) is 26.1 Å². The minimum atomic E-state index is -0.932. The fourth-order valence-corrected chi connectivity index (χ4v) is 5.80. The highest BCUT2D eigenvalue weighted by Gasteiger charge is 2.59. The summed E-state index contributed by atoms with van der Waals surface area (Å²) in [6.07, 6.45) is 0.497. The van der Waals surface area contributed by atoms with Crippen LogP contribution in [0.5, 0.6) is 5.75 Å². The predicted octanol–water partition coefficient (Wildman–Crippen LogP) is 3.91. The van der Waals surface area contributed by atoms with Crippen molar-refractivity contribution < 1.29 is 14.7 Å². The zero-order valence-electron chi connectivity index (χ0n) is 15.0. The Morgan fingerprint density at radius 2 is 1.93 bits per heavy atom. The molecule has 5 rings (SSSR count). The average molecular weight is 378 g/mol. The summed E-state index contributed by atoms with van der Waals surface area (Å²) in [4.78, 5) is 30.0. The van der Waals surface area contributed by atoms with Gasteiger partial charge in [-0.25, -0.2) is 4.79 Å². The maximum Gasteiger partial charge on any atom is 0.328 e. The van der Waals surface area contributed by atoms with Crippen molar-refractivity contribution in [2.24, 2.45) is 0 Å². The van der Waals surface area contributed by atoms with Crippen LogP contribution in [0.3, 0.4) is 0 Å². The van der Waals surface area contributed by atoms with E-state index < -0.39 is 11.6 Å². The molecule has 136 valence electrons. The number of phenolic OH excluding ortho intramolecular Hbond substituents is 1. The minimum Gasteiger partial charge on any atom is -0.508 e. The largest absolute Gasteiger partial charge is 0.508 e. The van der Waals surface area contributed by atoms with Gasteiger partial charge in [-0.3, -0.25) is 14.6 Å². The van der Waals surface area contributed by atoms with Gasteiger partial charge in [0, 0.05) is 23.0 Å². The maximum atomic E-state index is 13.0. The van der Waals surface area contributed by atoms with E-state index in [0.29, 0.717) is 6.42 Å². The first-order valence-corrected chi connectivity index (χ1v) is 9.64. The van der Waals surface area contributed by atoms with E-state index in [9.17, 15) is 14.7 Å². The van der Waals surface area contributed by atoms with Gasteiger partial charge in [-0.1, -0.05) is 30.3 Å². The summed E-state index contributed by atoms with van der Waals surface area (Å²) < 4.78 is 1.14. The zero-order valence-corrected chi connectivity index (χ0v) is 15.8. The van der Waals surface area contributed by atoms with E-state index in [4.69, 9.17) is 0 Å². The van der Waals surface area contributed by atoms with Crippen molar-refractivity contribution in [3.63, 3.8) is 0 Å². The first kappa shape index (κ1) is 16.3. The Hall–Kier alpha value is -2.86. The molecule has 3 amide bonds. The zero-order chi connectivity index (χ0) is 18.9. The van der Waals surface area contributed by atoms with Crippen molar-refractivity contribution in [3.8, 4) is 5.75 Å². The number of urea groups is 1. The number of aromatic hydroxyl groups is 1. The van der Waals surface area contributed by atoms with Crippen LogP contribution >= 0.6 is 11.3 Å². The lowest BCUT2D eigenvalue weighted by molar-refractivity contribution is -0.132. The molecule has 0 spiro atoms. The van der Waals surface area contributed by atoms with E-state index in [2.05, 4.69) is 12.1 Å². The molecule has 2 aliphatic rings. The molecule has 2 atom stereocenters. The molecular weight excluding hydrogens is 360 g/mol. The first-order valence-electron chi connectivity index (χ1n) is 8.82. The van der Waals surface area contributed by atoms with Gasteiger partial charge in [-0.15, -0.1) is 11.3 Å². The summed E-state index contributed by atoms with van der Waals surface area (Å²) in [5, 5.41) is 11.2. The Labute approximate surface area is 160 Å². The highest BCUT2D eigenvalue weighted by molar-refractivity contribution is 7.19. The summed E-state index contributed by atoms with van der Waals surface area (Å²) in [5.74, 6) is -0.0349. The highest BCUT2D eigenvalue weighted by Crippen LogP contribution is 2.51. The smallest absolute Gasteiger partial charge is 0.328 e. The van der Waals surface area contributed by atoms with Crippen LogP contribution in [-0.4, -0.2) is 39.4 Å². The molecule has 27 heavy (non-hydrogen) atoms. The predicted molar refractivity (Wildman–Crippen MR) is 104 cm³/mol. The Bertz CT molecular complexity index is 1120. The number of nitrogens with zero attached hydrogens (tertiary/aromatic N) is 2. The second-order valence-corrected chi connectivity index (χ2v) is 8.49. The van der Waals surface area contributed by atoms with Crippen LogP contribution in [0.2, 0.25) is 0 Å². The lowest BCUT2D eigenvalue weighted by Gasteiger charge is -2.42. The fraction of sp³-hybridized carbons (Fsp3) is 0.238. The van der Waals surface area contributed by atoms with Crippen molar-refractivity contribution in [2.75, 3.05) is 7.05 Å². The molecule has 1 aromatic heterocycles. The molecule has 2 unspecified atom stereocenters. The van der Waals surface area contributed by atoms with Crippen molar-refractivity contribution in [2.45, 2.75) is 24.9 Å². The Kier molecular flexibility index (Phi) is 3.22. The number of carbonyl (C=O) groups is 2. The van der Waals surface area contributed by atoms with E-state index in [1.807, 2.05) is 25.1 Å². The van der Waals surface area contributed by atoms with Crippen LogP contribution < -0.4 is 0 Å². The number of carbonyl (C=O) groups excluding carboxylic acids is 2. The van der Waals surface area contributed by atoms with Gasteiger partial charge in [0.1, 0.15) is 11.3 Å². The SMILES string of the molecule is CN1C(=O)N2C(c3cccc(O)c3)c3sc4ccccc4c3CC2(C)C1=O. The molecule has 0 saturated carbocycles. The lowest BCUT2D eigenvalue weighted by atomic mass is 9.81. The van der Waals surface area contributed by atoms with E-state index in [1.54, 1.807) is 41.5 Å². The minimum absolute atomic E-state index is 0.147. The number of hydrogen-bond acceptors (Lipinski definition) is 4. The van der Waals surface area contributed by atoms with Crippen LogP contribution in [0, 0.1) is 0 Å². The number of thiophene rings is 1. The number of hydrogen-bond donors (Lipinski definition) is 1. The molecule has 2 aromatic carbocycles. The van der Waals surface area contributed by atoms with Crippen molar-refractivity contribution in [3.05, 3.63) is 64.5 Å². The third kappa shape index (κ3) is 2.04. The van der Waals surface area contributed by atoms with Gasteiger partial charge in [-0.05, 0) is 41.6 Å². The number of fused-ring (bicyclic) bond motifs is 4. The molecular formula is C21H18N2O3S. The van der Waals surface area contributed by atoms with Crippen LogP contribution in [0.15, 0.2) is 48.5 Å². The molecule has 1 saturated heterocycles. The van der Waals surface area contributed by atoms with Crippen LogP contribution in [0.4, 0.5) is 4.79 Å². The monoisotopic (exact) mass is 378 g/mol. The van der Waals surface area contributed by atoms with Crippen molar-refractivity contribution in [1.29, 1.82) is 0 Å². The van der Waals surface area contributed by atoms with E-state index in [-0.39, 0.29) is 17.7 Å². The van der Waals surface area contributed by atoms with Gasteiger partial charge in [0.25, 0.3) is 5.91 Å². The molecule has 3 heterocycles. The standard InChI is InChI=1S/C21H18N2O3S/c1-21-11-15-14-8-3-4-9-16(14)27-18(15)17(12-6-5-7-13(24)10-12)23(21)20(26)22(2)19(21)25/h3-10,17,24H,11H2,1-2H3. The molecule has 2 aliphatic heterocycles. The normalized spacial score (nSPS) is 24.4. The number of benzene rings is 2. The first-order chi connectivity index (χ1) is 12.9.